The largest absolute Gasteiger partial charge is 0.351 e. The Kier molecular flexibility index (Phi) is 3.30. The average Bonchev–Trinajstić information content (AvgIpc) is 2.07. The summed E-state index contributed by atoms with van der Waals surface area (Å²) < 4.78 is 1.09. The van der Waals surface area contributed by atoms with Crippen LogP contribution in [0.3, 0.4) is 0 Å². The number of nitrogens with two attached hydrogens (primary N) is 1. The second-order valence-electron chi connectivity index (χ2n) is 2.42. The topological polar surface area (TPSA) is 55.1 Å². The Balaban J connectivity index is 3.05. The summed E-state index contributed by atoms with van der Waals surface area (Å²) in [6.45, 7) is 3.64. The molecule has 0 aliphatic rings. The van der Waals surface area contributed by atoms with E-state index in [1.165, 1.54) is 0 Å². The van der Waals surface area contributed by atoms with Crippen molar-refractivity contribution in [2.75, 3.05) is 5.32 Å². The highest BCUT2D eigenvalue weighted by Gasteiger charge is 2.01. The third kappa shape index (κ3) is 2.73. The standard InChI is InChI=1S/C9H9IN2O/c1-2-6-5-7(10)3-4-8(6)12-9(11)13/h2-5H,1H2,(H3,11,12,13). The maximum absolute atomic E-state index is 10.6. The second kappa shape index (κ2) is 4.27. The van der Waals surface area contributed by atoms with Gasteiger partial charge in [0.05, 0.1) is 0 Å². The predicted molar refractivity (Wildman–Crippen MR) is 62.5 cm³/mol. The first-order chi connectivity index (χ1) is 6.13. The van der Waals surface area contributed by atoms with Crippen molar-refractivity contribution in [1.82, 2.24) is 0 Å². The normalized spacial score (nSPS) is 9.31. The van der Waals surface area contributed by atoms with Gasteiger partial charge in [0.25, 0.3) is 0 Å². The number of anilines is 1. The summed E-state index contributed by atoms with van der Waals surface area (Å²) in [6.07, 6.45) is 1.67. The van der Waals surface area contributed by atoms with E-state index in [1.807, 2.05) is 12.1 Å². The molecule has 0 aliphatic heterocycles. The number of nitrogens with one attached hydrogen (secondary N) is 1. The van der Waals surface area contributed by atoms with Crippen molar-refractivity contribution < 1.29 is 4.79 Å². The fourth-order valence-electron chi connectivity index (χ4n) is 0.949. The molecule has 0 saturated heterocycles. The summed E-state index contributed by atoms with van der Waals surface area (Å²) >= 11 is 2.19. The minimum absolute atomic E-state index is 0.565. The first-order valence-electron chi connectivity index (χ1n) is 3.62. The van der Waals surface area contributed by atoms with E-state index in [1.54, 1.807) is 12.1 Å². The fraction of sp³-hybridized carbons (Fsp3) is 0. The van der Waals surface area contributed by atoms with Gasteiger partial charge in [-0.25, -0.2) is 4.79 Å². The molecule has 0 aliphatic carbocycles. The van der Waals surface area contributed by atoms with Gasteiger partial charge in [0.15, 0.2) is 0 Å². The van der Waals surface area contributed by atoms with Crippen molar-refractivity contribution in [3.05, 3.63) is 33.9 Å². The van der Waals surface area contributed by atoms with Crippen molar-refractivity contribution in [3.63, 3.8) is 0 Å². The molecule has 1 rings (SSSR count). The van der Waals surface area contributed by atoms with Crippen LogP contribution in [0.4, 0.5) is 10.5 Å². The highest BCUT2D eigenvalue weighted by Crippen LogP contribution is 2.19. The van der Waals surface area contributed by atoms with E-state index < -0.39 is 6.03 Å². The molecule has 3 nitrogen and oxygen atoms in total. The number of rotatable bonds is 2. The summed E-state index contributed by atoms with van der Waals surface area (Å²) in [6, 6.07) is 5.03. The molecular weight excluding hydrogens is 279 g/mol. The van der Waals surface area contributed by atoms with Gasteiger partial charge in [0.2, 0.25) is 0 Å². The molecule has 0 fully saturated rings. The molecule has 0 bridgehead atoms. The van der Waals surface area contributed by atoms with E-state index >= 15 is 0 Å². The van der Waals surface area contributed by atoms with E-state index in [0.29, 0.717) is 5.69 Å². The highest BCUT2D eigenvalue weighted by atomic mass is 127. The Morgan fingerprint density at radius 2 is 2.31 bits per heavy atom. The van der Waals surface area contributed by atoms with Crippen molar-refractivity contribution in [3.8, 4) is 0 Å². The molecule has 1 aromatic rings. The molecule has 0 atom stereocenters. The van der Waals surface area contributed by atoms with Gasteiger partial charge < -0.3 is 11.1 Å². The molecule has 13 heavy (non-hydrogen) atoms. The number of halogens is 1. The second-order valence-corrected chi connectivity index (χ2v) is 3.67. The van der Waals surface area contributed by atoms with Gasteiger partial charge in [-0.1, -0.05) is 12.7 Å². The highest BCUT2D eigenvalue weighted by molar-refractivity contribution is 14.1. The number of benzene rings is 1. The first-order valence-corrected chi connectivity index (χ1v) is 4.70. The molecule has 68 valence electrons. The molecule has 1 aromatic carbocycles. The minimum Gasteiger partial charge on any atom is -0.351 e. The minimum atomic E-state index is -0.565. The van der Waals surface area contributed by atoms with Crippen molar-refractivity contribution in [1.29, 1.82) is 0 Å². The van der Waals surface area contributed by atoms with Gasteiger partial charge in [0, 0.05) is 9.26 Å². The molecule has 2 amide bonds. The summed E-state index contributed by atoms with van der Waals surface area (Å²) in [7, 11) is 0. The van der Waals surface area contributed by atoms with Crippen LogP contribution in [-0.2, 0) is 0 Å². The van der Waals surface area contributed by atoms with Crippen LogP contribution >= 0.6 is 22.6 Å². The van der Waals surface area contributed by atoms with Crippen LogP contribution < -0.4 is 11.1 Å². The third-order valence-corrected chi connectivity index (χ3v) is 2.16. The summed E-state index contributed by atoms with van der Waals surface area (Å²) in [4.78, 5) is 10.6. The van der Waals surface area contributed by atoms with Crippen LogP contribution in [0.5, 0.6) is 0 Å². The maximum atomic E-state index is 10.6. The van der Waals surface area contributed by atoms with Crippen molar-refractivity contribution in [2.24, 2.45) is 5.73 Å². The van der Waals surface area contributed by atoms with Crippen LogP contribution in [0.2, 0.25) is 0 Å². The van der Waals surface area contributed by atoms with Crippen molar-refractivity contribution >= 4 is 40.4 Å². The molecule has 0 radical (unpaired) electrons. The number of urea groups is 1. The predicted octanol–water partition coefficient (Wildman–Crippen LogP) is 2.42. The maximum Gasteiger partial charge on any atom is 0.316 e. The lowest BCUT2D eigenvalue weighted by Gasteiger charge is -2.05. The molecule has 3 N–H and O–H groups in total. The molecule has 4 heteroatoms. The average molecular weight is 288 g/mol. The summed E-state index contributed by atoms with van der Waals surface area (Å²) in [5.41, 5.74) is 6.55. The molecule has 0 heterocycles. The Morgan fingerprint density at radius 3 is 2.85 bits per heavy atom. The third-order valence-electron chi connectivity index (χ3n) is 1.49. The number of carbonyl (C=O) groups is 1. The number of amides is 2. The van der Waals surface area contributed by atoms with E-state index in [4.69, 9.17) is 5.73 Å². The van der Waals surface area contributed by atoms with Gasteiger partial charge >= 0.3 is 6.03 Å². The Labute approximate surface area is 90.1 Å². The number of primary amides is 1. The number of hydrogen-bond donors (Lipinski definition) is 2. The number of carbonyl (C=O) groups excluding carboxylic acids is 1. The molecule has 0 spiro atoms. The lowest BCUT2D eigenvalue weighted by Crippen LogP contribution is -2.19. The van der Waals surface area contributed by atoms with Gasteiger partial charge in [0.1, 0.15) is 0 Å². The van der Waals surface area contributed by atoms with Crippen LogP contribution in [0.1, 0.15) is 5.56 Å². The smallest absolute Gasteiger partial charge is 0.316 e. The molecular formula is C9H9IN2O. The Hall–Kier alpha value is -1.04. The van der Waals surface area contributed by atoms with Gasteiger partial charge in [-0.3, -0.25) is 0 Å². The molecule has 0 unspecified atom stereocenters. The van der Waals surface area contributed by atoms with Crippen LogP contribution in [0, 0.1) is 3.57 Å². The van der Waals surface area contributed by atoms with Gasteiger partial charge in [-0.05, 0) is 46.4 Å². The summed E-state index contributed by atoms with van der Waals surface area (Å²) in [5.74, 6) is 0. The fourth-order valence-corrected chi connectivity index (χ4v) is 1.46. The zero-order chi connectivity index (χ0) is 9.84. The van der Waals surface area contributed by atoms with Crippen LogP contribution in [0.25, 0.3) is 6.08 Å². The van der Waals surface area contributed by atoms with Gasteiger partial charge in [-0.2, -0.15) is 0 Å². The van der Waals surface area contributed by atoms with Crippen molar-refractivity contribution in [2.45, 2.75) is 0 Å². The quantitative estimate of drug-likeness (QED) is 0.807. The Morgan fingerprint density at radius 1 is 1.62 bits per heavy atom. The van der Waals surface area contributed by atoms with E-state index in [9.17, 15) is 4.79 Å². The van der Waals surface area contributed by atoms with E-state index in [-0.39, 0.29) is 0 Å². The monoisotopic (exact) mass is 288 g/mol. The van der Waals surface area contributed by atoms with Crippen LogP contribution in [-0.4, -0.2) is 6.03 Å². The SMILES string of the molecule is C=Cc1cc(I)ccc1NC(N)=O. The lowest BCUT2D eigenvalue weighted by atomic mass is 10.2. The Bertz CT molecular complexity index is 349. The summed E-state index contributed by atoms with van der Waals surface area (Å²) in [5, 5.41) is 2.52. The molecule has 0 saturated carbocycles. The zero-order valence-corrected chi connectivity index (χ0v) is 9.04. The van der Waals surface area contributed by atoms with E-state index in [2.05, 4.69) is 34.5 Å². The first kappa shape index (κ1) is 10.0. The number of hydrogen-bond acceptors (Lipinski definition) is 1. The van der Waals surface area contributed by atoms with Gasteiger partial charge in [-0.15, -0.1) is 0 Å². The van der Waals surface area contributed by atoms with E-state index in [0.717, 1.165) is 9.13 Å². The molecule has 0 aromatic heterocycles. The van der Waals surface area contributed by atoms with Crippen LogP contribution in [0.15, 0.2) is 24.8 Å². The lowest BCUT2D eigenvalue weighted by molar-refractivity contribution is 0.259. The zero-order valence-electron chi connectivity index (χ0n) is 6.88.